The highest BCUT2D eigenvalue weighted by atomic mass is 16.6. The average molecular weight is 907 g/mol. The normalized spacial score (nSPS) is 12.6. The summed E-state index contributed by atoms with van der Waals surface area (Å²) in [5.41, 5.74) is 0. The van der Waals surface area contributed by atoms with Crippen LogP contribution in [0.4, 0.5) is 0 Å². The van der Waals surface area contributed by atoms with E-state index in [1.54, 1.807) is 0 Å². The molecule has 0 aliphatic carbocycles. The van der Waals surface area contributed by atoms with Gasteiger partial charge in [-0.1, -0.05) is 248 Å². The molecule has 0 bridgehead atoms. The van der Waals surface area contributed by atoms with Gasteiger partial charge in [-0.3, -0.25) is 14.4 Å². The smallest absolute Gasteiger partial charge is 0.306 e. The quantitative estimate of drug-likeness (QED) is 0.0262. The number of ether oxygens (including phenoxy) is 3. The fourth-order valence-electron chi connectivity index (χ4n) is 7.62. The number of rotatable bonds is 49. The maximum absolute atomic E-state index is 12.6. The number of allylic oxidation sites excluding steroid dienone is 12. The number of unbranched alkanes of at least 4 members (excludes halogenated alkanes) is 26. The molecule has 0 saturated carbocycles. The lowest BCUT2D eigenvalue weighted by Gasteiger charge is -2.18. The zero-order valence-corrected chi connectivity index (χ0v) is 42.7. The molecule has 0 spiro atoms. The summed E-state index contributed by atoms with van der Waals surface area (Å²) in [6.07, 6.45) is 68.2. The Kier molecular flexibility index (Phi) is 50.9. The molecule has 1 unspecified atom stereocenters. The Balaban J connectivity index is 3.89. The van der Waals surface area contributed by atoms with Gasteiger partial charge in [0.15, 0.2) is 6.10 Å². The molecule has 374 valence electrons. The van der Waals surface area contributed by atoms with Crippen LogP contribution < -0.4 is 0 Å². The topological polar surface area (TPSA) is 78.9 Å². The lowest BCUT2D eigenvalue weighted by atomic mass is 10.0. The third-order valence-electron chi connectivity index (χ3n) is 11.7. The Morgan fingerprint density at radius 2 is 0.600 bits per heavy atom. The van der Waals surface area contributed by atoms with Crippen LogP contribution in [0.3, 0.4) is 0 Å². The predicted octanol–water partition coefficient (Wildman–Crippen LogP) is 18.2. The van der Waals surface area contributed by atoms with Gasteiger partial charge in [0.2, 0.25) is 0 Å². The van der Waals surface area contributed by atoms with Gasteiger partial charge in [-0.2, -0.15) is 0 Å². The van der Waals surface area contributed by atoms with Gasteiger partial charge in [-0.25, -0.2) is 0 Å². The van der Waals surface area contributed by atoms with Crippen LogP contribution in [-0.2, 0) is 28.6 Å². The lowest BCUT2D eigenvalue weighted by molar-refractivity contribution is -0.167. The Labute approximate surface area is 402 Å². The zero-order chi connectivity index (χ0) is 47.2. The third kappa shape index (κ3) is 51.7. The minimum Gasteiger partial charge on any atom is -0.462 e. The van der Waals surface area contributed by atoms with Crippen molar-refractivity contribution in [1.82, 2.24) is 0 Å². The lowest BCUT2D eigenvalue weighted by Crippen LogP contribution is -2.30. The summed E-state index contributed by atoms with van der Waals surface area (Å²) in [4.78, 5) is 37.5. The summed E-state index contributed by atoms with van der Waals surface area (Å²) in [5.74, 6) is -0.886. The van der Waals surface area contributed by atoms with Crippen molar-refractivity contribution < 1.29 is 28.6 Å². The van der Waals surface area contributed by atoms with E-state index in [1.807, 2.05) is 0 Å². The molecular weight excluding hydrogens is 805 g/mol. The molecule has 6 nitrogen and oxygen atoms in total. The maximum atomic E-state index is 12.6. The van der Waals surface area contributed by atoms with E-state index < -0.39 is 6.10 Å². The second-order valence-electron chi connectivity index (χ2n) is 18.1. The van der Waals surface area contributed by atoms with E-state index in [0.717, 1.165) is 103 Å². The summed E-state index contributed by atoms with van der Waals surface area (Å²) >= 11 is 0. The fourth-order valence-corrected chi connectivity index (χ4v) is 7.62. The number of carbonyl (C=O) groups is 3. The first kappa shape index (κ1) is 61.9. The van der Waals surface area contributed by atoms with Gasteiger partial charge in [-0.15, -0.1) is 0 Å². The molecule has 1 atom stereocenters. The van der Waals surface area contributed by atoms with Crippen LogP contribution in [0, 0.1) is 0 Å². The van der Waals surface area contributed by atoms with E-state index >= 15 is 0 Å². The van der Waals surface area contributed by atoms with Crippen molar-refractivity contribution in [3.63, 3.8) is 0 Å². The van der Waals surface area contributed by atoms with Gasteiger partial charge in [0.1, 0.15) is 13.2 Å². The molecule has 65 heavy (non-hydrogen) atoms. The molecule has 6 heteroatoms. The third-order valence-corrected chi connectivity index (χ3v) is 11.7. The number of carbonyl (C=O) groups excluding carboxylic acids is 3. The van der Waals surface area contributed by atoms with Gasteiger partial charge in [0, 0.05) is 19.3 Å². The monoisotopic (exact) mass is 907 g/mol. The van der Waals surface area contributed by atoms with Crippen LogP contribution in [0.2, 0.25) is 0 Å². The molecule has 0 radical (unpaired) electrons. The molecule has 0 rings (SSSR count). The van der Waals surface area contributed by atoms with Gasteiger partial charge in [-0.05, 0) is 70.6 Å². The highest BCUT2D eigenvalue weighted by molar-refractivity contribution is 5.71. The van der Waals surface area contributed by atoms with Crippen LogP contribution in [0.15, 0.2) is 72.9 Å². The van der Waals surface area contributed by atoms with Crippen molar-refractivity contribution in [2.75, 3.05) is 13.2 Å². The van der Waals surface area contributed by atoms with E-state index in [9.17, 15) is 14.4 Å². The molecule has 0 N–H and O–H groups in total. The van der Waals surface area contributed by atoms with Crippen LogP contribution in [-0.4, -0.2) is 37.2 Å². The van der Waals surface area contributed by atoms with Gasteiger partial charge >= 0.3 is 17.9 Å². The van der Waals surface area contributed by atoms with Crippen LogP contribution >= 0.6 is 0 Å². The summed E-state index contributed by atoms with van der Waals surface area (Å²) in [6.45, 7) is 6.42. The van der Waals surface area contributed by atoms with E-state index in [1.165, 1.54) is 122 Å². The first-order valence-corrected chi connectivity index (χ1v) is 27.4. The van der Waals surface area contributed by atoms with Crippen LogP contribution in [0.1, 0.15) is 265 Å². The van der Waals surface area contributed by atoms with E-state index in [0.29, 0.717) is 19.3 Å². The average Bonchev–Trinajstić information content (AvgIpc) is 3.30. The first-order chi connectivity index (χ1) is 32.0. The summed E-state index contributed by atoms with van der Waals surface area (Å²) in [6, 6.07) is 0. The number of hydrogen-bond acceptors (Lipinski definition) is 6. The zero-order valence-electron chi connectivity index (χ0n) is 42.7. The van der Waals surface area contributed by atoms with Crippen molar-refractivity contribution in [3.8, 4) is 0 Å². The Hall–Kier alpha value is -3.15. The summed E-state index contributed by atoms with van der Waals surface area (Å²) in [5, 5.41) is 0. The maximum Gasteiger partial charge on any atom is 0.306 e. The summed E-state index contributed by atoms with van der Waals surface area (Å²) < 4.78 is 16.6. The first-order valence-electron chi connectivity index (χ1n) is 27.4. The molecular formula is C59H102O6. The molecule has 0 aliphatic heterocycles. The highest BCUT2D eigenvalue weighted by Gasteiger charge is 2.19. The van der Waals surface area contributed by atoms with E-state index in [2.05, 4.69) is 93.7 Å². The SMILES string of the molecule is CC/C=C\C/C=C\C/C=C\C/C=C\C/C=C\C/C=C\CCCCCCCCCCCCCCCCC(=O)OCC(COC(=O)CCCCCCC)OC(=O)CCCCCCCCCCC. The molecule has 0 aromatic heterocycles. The minimum atomic E-state index is -0.765. The predicted molar refractivity (Wildman–Crippen MR) is 279 cm³/mol. The summed E-state index contributed by atoms with van der Waals surface area (Å²) in [7, 11) is 0. The molecule has 0 heterocycles. The molecule has 0 aromatic carbocycles. The second kappa shape index (κ2) is 53.5. The number of esters is 3. The van der Waals surface area contributed by atoms with E-state index in [-0.39, 0.29) is 31.1 Å². The number of hydrogen-bond donors (Lipinski definition) is 0. The van der Waals surface area contributed by atoms with E-state index in [4.69, 9.17) is 14.2 Å². The molecule has 0 aromatic rings. The molecule has 0 aliphatic rings. The van der Waals surface area contributed by atoms with Crippen molar-refractivity contribution in [3.05, 3.63) is 72.9 Å². The second-order valence-corrected chi connectivity index (χ2v) is 18.1. The van der Waals surface area contributed by atoms with Crippen LogP contribution in [0.5, 0.6) is 0 Å². The minimum absolute atomic E-state index is 0.0722. The van der Waals surface area contributed by atoms with Crippen LogP contribution in [0.25, 0.3) is 0 Å². The highest BCUT2D eigenvalue weighted by Crippen LogP contribution is 2.16. The van der Waals surface area contributed by atoms with Crippen molar-refractivity contribution >= 4 is 17.9 Å². The van der Waals surface area contributed by atoms with Gasteiger partial charge < -0.3 is 14.2 Å². The molecule has 0 amide bonds. The van der Waals surface area contributed by atoms with Gasteiger partial charge in [0.25, 0.3) is 0 Å². The standard InChI is InChI=1S/C59H102O6/c1-4-7-10-13-15-17-18-19-20-21-22-23-24-25-26-27-28-29-30-31-32-33-34-35-36-37-38-39-40-42-43-46-49-52-58(61)64-55-56(54-63-57(60)51-48-45-12-9-6-3)65-59(62)53-50-47-44-41-16-14-11-8-5-2/h7,10,15,17,19-20,22-23,25-26,28-29,56H,4-6,8-9,11-14,16,18,21,24,27,30-55H2,1-3H3/b10-7-,17-15-,20-19-,23-22-,26-25-,29-28-. The molecule has 0 saturated heterocycles. The molecule has 0 fully saturated rings. The largest absolute Gasteiger partial charge is 0.462 e. The Morgan fingerprint density at radius 3 is 0.938 bits per heavy atom. The Morgan fingerprint density at radius 1 is 0.323 bits per heavy atom. The van der Waals surface area contributed by atoms with Crippen molar-refractivity contribution in [2.24, 2.45) is 0 Å². The van der Waals surface area contributed by atoms with Crippen molar-refractivity contribution in [1.29, 1.82) is 0 Å². The van der Waals surface area contributed by atoms with Gasteiger partial charge in [0.05, 0.1) is 0 Å². The van der Waals surface area contributed by atoms with Crippen molar-refractivity contribution in [2.45, 2.75) is 271 Å². The fraction of sp³-hybridized carbons (Fsp3) is 0.746. The Bertz CT molecular complexity index is 1230.